The molecule has 4 atom stereocenters. The molecule has 0 radical (unpaired) electrons. The van der Waals surface area contributed by atoms with Gasteiger partial charge in [0.1, 0.15) is 47.7 Å². The van der Waals surface area contributed by atoms with E-state index < -0.39 is 58.0 Å². The average molecular weight is 581 g/mol. The Balaban J connectivity index is 1.74. The lowest BCUT2D eigenvalue weighted by molar-refractivity contribution is -0.153. The number of oxime groups is 1. The second kappa shape index (κ2) is 10.0. The number of carbonyl (C=O) groups is 3. The van der Waals surface area contributed by atoms with E-state index >= 15 is 0 Å². The van der Waals surface area contributed by atoms with Crippen LogP contribution < -0.4 is 10.6 Å². The summed E-state index contributed by atoms with van der Waals surface area (Å²) >= 11 is 0. The number of nitrogens with two attached hydrogens (primary N) is 1. The molecule has 1 aromatic carbocycles. The van der Waals surface area contributed by atoms with E-state index in [1.165, 1.54) is 18.2 Å². The molecule has 0 saturated heterocycles. The second-order valence-corrected chi connectivity index (χ2v) is 11.1. The summed E-state index contributed by atoms with van der Waals surface area (Å²) in [6.07, 6.45) is 1.51. The topological polar surface area (TPSA) is 199 Å². The Bertz CT molecular complexity index is 1620. The molecule has 0 aliphatic heterocycles. The van der Waals surface area contributed by atoms with Crippen molar-refractivity contribution in [3.05, 3.63) is 52.0 Å². The van der Waals surface area contributed by atoms with Crippen LogP contribution in [-0.4, -0.2) is 96.0 Å². The fourth-order valence-corrected chi connectivity index (χ4v) is 6.55. The van der Waals surface area contributed by atoms with E-state index in [0.717, 1.165) is 0 Å². The number of anilines is 1. The van der Waals surface area contributed by atoms with Crippen LogP contribution in [0.1, 0.15) is 23.3 Å². The molecule has 1 fully saturated rings. The van der Waals surface area contributed by atoms with E-state index in [2.05, 4.69) is 9.99 Å². The van der Waals surface area contributed by atoms with E-state index in [4.69, 9.17) is 10.2 Å². The van der Waals surface area contributed by atoms with Crippen LogP contribution in [-0.2, 0) is 25.6 Å². The molecule has 0 spiro atoms. The Morgan fingerprint density at radius 1 is 1.19 bits per heavy atom. The Hall–Kier alpha value is -4.62. The molecule has 1 saturated carbocycles. The monoisotopic (exact) mass is 580 g/mol. The van der Waals surface area contributed by atoms with Gasteiger partial charge in [-0.2, -0.15) is 0 Å². The Morgan fingerprint density at radius 3 is 2.48 bits per heavy atom. The number of benzene rings is 1. The van der Waals surface area contributed by atoms with Gasteiger partial charge in [0.05, 0.1) is 17.2 Å². The number of amides is 1. The van der Waals surface area contributed by atoms with Gasteiger partial charge in [-0.25, -0.2) is 0 Å². The van der Waals surface area contributed by atoms with Crippen LogP contribution in [0.4, 0.5) is 5.69 Å². The first-order valence-corrected chi connectivity index (χ1v) is 13.1. The predicted octanol–water partition coefficient (Wildman–Crippen LogP) is 1.27. The van der Waals surface area contributed by atoms with Crippen molar-refractivity contribution in [2.24, 2.45) is 22.7 Å². The summed E-state index contributed by atoms with van der Waals surface area (Å²) in [5.74, 6) is -6.50. The first-order chi connectivity index (χ1) is 19.7. The summed E-state index contributed by atoms with van der Waals surface area (Å²) in [6.45, 7) is 0. The van der Waals surface area contributed by atoms with E-state index in [1.807, 2.05) is 0 Å². The van der Waals surface area contributed by atoms with Crippen molar-refractivity contribution >= 4 is 35.1 Å². The molecule has 13 heteroatoms. The number of furan rings is 1. The molecule has 1 heterocycles. The zero-order valence-electron chi connectivity index (χ0n) is 23.7. The van der Waals surface area contributed by atoms with Gasteiger partial charge in [0, 0.05) is 31.3 Å². The number of hydrogen-bond acceptors (Lipinski definition) is 12. The number of Topliss-reactive ketones (excluding diaryl/α,β-unsaturated/α-hetero) is 2. The molecule has 5 rings (SSSR count). The maximum absolute atomic E-state index is 14.1. The summed E-state index contributed by atoms with van der Waals surface area (Å²) in [7, 11) is 8.05. The molecule has 222 valence electrons. The van der Waals surface area contributed by atoms with Gasteiger partial charge in [-0.15, -0.1) is 0 Å². The Morgan fingerprint density at radius 2 is 1.88 bits per heavy atom. The molecular weight excluding hydrogens is 548 g/mol. The van der Waals surface area contributed by atoms with Crippen LogP contribution in [0, 0.1) is 11.8 Å². The average Bonchev–Trinajstić information content (AvgIpc) is 3.37. The van der Waals surface area contributed by atoms with E-state index in [9.17, 15) is 34.8 Å². The van der Waals surface area contributed by atoms with Gasteiger partial charge in [0.2, 0.25) is 5.78 Å². The third-order valence-electron chi connectivity index (χ3n) is 8.36. The first kappa shape index (κ1) is 28.9. The minimum absolute atomic E-state index is 0.00151. The zero-order valence-corrected chi connectivity index (χ0v) is 23.7. The lowest BCUT2D eigenvalue weighted by atomic mass is 9.57. The number of phenolic OH excluding ortho intramolecular Hbond substituents is 1. The maximum atomic E-state index is 14.1. The number of nitrogens with zero attached hydrogens (tertiary/aromatic N) is 3. The van der Waals surface area contributed by atoms with Gasteiger partial charge in [-0.1, -0.05) is 5.16 Å². The number of ketones is 2. The maximum Gasteiger partial charge on any atom is 0.255 e. The van der Waals surface area contributed by atoms with Crippen molar-refractivity contribution < 1.29 is 44.1 Å². The number of aliphatic hydroxyl groups is 3. The lowest BCUT2D eigenvalue weighted by Gasteiger charge is -2.50. The molecule has 1 aromatic heterocycles. The highest BCUT2D eigenvalue weighted by atomic mass is 16.6. The third-order valence-corrected chi connectivity index (χ3v) is 8.36. The van der Waals surface area contributed by atoms with Crippen LogP contribution in [0.3, 0.4) is 0 Å². The normalized spacial score (nSPS) is 25.5. The number of rotatable bonds is 6. The van der Waals surface area contributed by atoms with Gasteiger partial charge in [0.15, 0.2) is 11.4 Å². The minimum Gasteiger partial charge on any atom is -0.508 e. The fraction of sp³-hybridized carbons (Fsp3) is 0.379. The highest BCUT2D eigenvalue weighted by molar-refractivity contribution is 6.24. The summed E-state index contributed by atoms with van der Waals surface area (Å²) in [5, 5.41) is 49.6. The summed E-state index contributed by atoms with van der Waals surface area (Å²) < 4.78 is 5.79. The number of phenols is 1. The number of aliphatic hydroxyl groups excluding tert-OH is 2. The van der Waals surface area contributed by atoms with Crippen molar-refractivity contribution in [3.63, 3.8) is 0 Å². The van der Waals surface area contributed by atoms with Gasteiger partial charge in [-0.3, -0.25) is 19.3 Å². The standard InChI is InChI=1S/C29H32N4O9/c1-32(2)17-10-15(18-7-6-13(42-18)11-31-41-5)23(34)20-14(17)8-12-9-16-22(33(3)4)25(36)21(28(30)39)27(38)29(16,40)26(37)19(12)24(20)35/h6-7,10-12,16,22,34-35,38,40H,8-9H2,1-5H3,(H2,30,39)/b31-11+/t12-,16+,22?,29+/m1/s1. The van der Waals surface area contributed by atoms with Crippen molar-refractivity contribution in [2.75, 3.05) is 40.2 Å². The fourth-order valence-electron chi connectivity index (χ4n) is 6.55. The zero-order chi connectivity index (χ0) is 30.8. The van der Waals surface area contributed by atoms with Crippen LogP contribution in [0.5, 0.6) is 5.75 Å². The molecule has 13 nitrogen and oxygen atoms in total. The molecule has 2 aromatic rings. The largest absolute Gasteiger partial charge is 0.508 e. The second-order valence-electron chi connectivity index (χ2n) is 11.1. The van der Waals surface area contributed by atoms with Crippen molar-refractivity contribution in [1.29, 1.82) is 0 Å². The molecule has 3 aliphatic rings. The number of likely N-dealkylation sites (N-methyl/N-ethyl adjacent to an activating group) is 1. The van der Waals surface area contributed by atoms with Crippen molar-refractivity contribution in [3.8, 4) is 17.1 Å². The number of fused-ring (bicyclic) bond motifs is 3. The molecule has 3 aliphatic carbocycles. The number of carbonyl (C=O) groups excluding carboxylic acids is 3. The summed E-state index contributed by atoms with van der Waals surface area (Å²) in [5.41, 5.74) is 2.94. The first-order valence-electron chi connectivity index (χ1n) is 13.1. The van der Waals surface area contributed by atoms with Crippen LogP contribution in [0.15, 0.2) is 44.7 Å². The summed E-state index contributed by atoms with van der Waals surface area (Å²) in [4.78, 5) is 47.5. The van der Waals surface area contributed by atoms with E-state index in [-0.39, 0.29) is 41.1 Å². The highest BCUT2D eigenvalue weighted by Gasteiger charge is 2.64. The van der Waals surface area contributed by atoms with Gasteiger partial charge in [-0.05, 0) is 56.6 Å². The lowest BCUT2D eigenvalue weighted by Crippen LogP contribution is -2.65. The molecule has 6 N–H and O–H groups in total. The van der Waals surface area contributed by atoms with Crippen LogP contribution in [0.25, 0.3) is 17.1 Å². The molecule has 1 amide bonds. The number of aromatic hydroxyl groups is 1. The van der Waals surface area contributed by atoms with Crippen LogP contribution >= 0.6 is 0 Å². The minimum atomic E-state index is -2.71. The summed E-state index contributed by atoms with van der Waals surface area (Å²) in [6, 6.07) is 3.75. The predicted molar refractivity (Wildman–Crippen MR) is 151 cm³/mol. The third kappa shape index (κ3) is 3.99. The van der Waals surface area contributed by atoms with Gasteiger partial charge < -0.3 is 40.3 Å². The number of hydrogen-bond donors (Lipinski definition) is 5. The smallest absolute Gasteiger partial charge is 0.255 e. The van der Waals surface area contributed by atoms with Gasteiger partial charge >= 0.3 is 0 Å². The van der Waals surface area contributed by atoms with E-state index in [1.54, 1.807) is 51.3 Å². The van der Waals surface area contributed by atoms with E-state index in [0.29, 0.717) is 17.0 Å². The van der Waals surface area contributed by atoms with Crippen molar-refractivity contribution in [2.45, 2.75) is 24.5 Å². The quantitative estimate of drug-likeness (QED) is 0.187. The van der Waals surface area contributed by atoms with Gasteiger partial charge in [0.25, 0.3) is 5.91 Å². The molecular formula is C29H32N4O9. The Labute approximate surface area is 240 Å². The number of primary amides is 1. The molecule has 1 unspecified atom stereocenters. The Kier molecular flexibility index (Phi) is 6.90. The highest BCUT2D eigenvalue weighted by Crippen LogP contribution is 2.55. The molecule has 0 bridgehead atoms. The SMILES string of the molecule is CO/N=C/c1ccc(-c2cc(N(C)C)c3c(c2O)C(O)=C2C(=O)[C@]4(O)C(O)=C(C(N)=O)C(=O)C(N(C)C)[C@@H]4C[C@H]2C3)o1. The van der Waals surface area contributed by atoms with Crippen LogP contribution in [0.2, 0.25) is 0 Å². The van der Waals surface area contributed by atoms with Crippen molar-refractivity contribution in [1.82, 2.24) is 4.90 Å². The molecule has 42 heavy (non-hydrogen) atoms.